The zero-order chi connectivity index (χ0) is 19.6. The molecule has 0 radical (unpaired) electrons. The molecule has 0 aliphatic carbocycles. The van der Waals surface area contributed by atoms with Crippen molar-refractivity contribution in [1.82, 2.24) is 14.8 Å². The van der Waals surface area contributed by atoms with Crippen LogP contribution in [0.15, 0.2) is 29.6 Å². The predicted octanol–water partition coefficient (Wildman–Crippen LogP) is 4.13. The summed E-state index contributed by atoms with van der Waals surface area (Å²) in [7, 11) is 3.57. The molecule has 0 N–H and O–H groups in total. The zero-order valence-corrected chi connectivity index (χ0v) is 16.1. The van der Waals surface area contributed by atoms with Gasteiger partial charge in [-0.1, -0.05) is 12.1 Å². The number of nitrogens with zero attached hydrogens (tertiary/aromatic N) is 3. The molecule has 0 saturated carbocycles. The highest BCUT2D eigenvalue weighted by Gasteiger charge is 2.30. The molecule has 1 aromatic heterocycles. The number of aromatic nitrogens is 1. The number of piperidine rings is 1. The maximum atomic E-state index is 12.7. The van der Waals surface area contributed by atoms with E-state index in [1.807, 2.05) is 5.38 Å². The summed E-state index contributed by atoms with van der Waals surface area (Å²) in [6.07, 6.45) is -2.65. The molecule has 0 atom stereocenters. The summed E-state index contributed by atoms with van der Waals surface area (Å²) >= 11 is 1.43. The van der Waals surface area contributed by atoms with E-state index in [9.17, 15) is 18.0 Å². The van der Waals surface area contributed by atoms with Crippen LogP contribution in [0, 0.1) is 5.92 Å². The van der Waals surface area contributed by atoms with Crippen molar-refractivity contribution in [3.8, 4) is 10.6 Å². The molecule has 1 fully saturated rings. The maximum absolute atomic E-state index is 12.7. The molecule has 2 heterocycles. The van der Waals surface area contributed by atoms with Gasteiger partial charge < -0.3 is 4.90 Å². The Kier molecular flexibility index (Phi) is 5.86. The van der Waals surface area contributed by atoms with Gasteiger partial charge in [0.15, 0.2) is 0 Å². The minimum absolute atomic E-state index is 0.0920. The maximum Gasteiger partial charge on any atom is 0.416 e. The number of amides is 1. The topological polar surface area (TPSA) is 36.4 Å². The number of hydrogen-bond donors (Lipinski definition) is 0. The fraction of sp³-hybridized carbons (Fsp3) is 0.474. The normalized spacial score (nSPS) is 16.5. The Balaban J connectivity index is 1.58. The van der Waals surface area contributed by atoms with Crippen molar-refractivity contribution in [2.45, 2.75) is 25.6 Å². The molecule has 0 spiro atoms. The van der Waals surface area contributed by atoms with Crippen LogP contribution >= 0.6 is 11.3 Å². The van der Waals surface area contributed by atoms with E-state index in [1.165, 1.54) is 23.5 Å². The molecule has 146 valence electrons. The SMILES string of the molecule is CN(C)C(=O)C1CCN(Cc2csc(-c3ccc(C(F)(F)F)cc3)n2)CC1. The van der Waals surface area contributed by atoms with E-state index in [-0.39, 0.29) is 11.8 Å². The molecule has 1 aliphatic rings. The van der Waals surface area contributed by atoms with Gasteiger partial charge in [0.25, 0.3) is 0 Å². The van der Waals surface area contributed by atoms with Gasteiger partial charge in [-0.2, -0.15) is 13.2 Å². The summed E-state index contributed by atoms with van der Waals surface area (Å²) in [5.41, 5.74) is 0.944. The first kappa shape index (κ1) is 19.8. The highest BCUT2D eigenvalue weighted by atomic mass is 32.1. The van der Waals surface area contributed by atoms with E-state index in [0.717, 1.165) is 48.8 Å². The van der Waals surface area contributed by atoms with Crippen molar-refractivity contribution in [2.75, 3.05) is 27.2 Å². The largest absolute Gasteiger partial charge is 0.416 e. The van der Waals surface area contributed by atoms with Gasteiger partial charge in [0, 0.05) is 37.5 Å². The Morgan fingerprint density at radius 3 is 2.41 bits per heavy atom. The van der Waals surface area contributed by atoms with Gasteiger partial charge in [-0.3, -0.25) is 9.69 Å². The van der Waals surface area contributed by atoms with Crippen LogP contribution in [-0.4, -0.2) is 47.9 Å². The number of alkyl halides is 3. The quantitative estimate of drug-likeness (QED) is 0.778. The van der Waals surface area contributed by atoms with Gasteiger partial charge in [-0.15, -0.1) is 11.3 Å². The third kappa shape index (κ3) is 4.87. The third-order valence-corrected chi connectivity index (χ3v) is 5.71. The van der Waals surface area contributed by atoms with Crippen molar-refractivity contribution in [1.29, 1.82) is 0 Å². The number of thiazole rings is 1. The summed E-state index contributed by atoms with van der Waals surface area (Å²) in [6, 6.07) is 5.10. The van der Waals surface area contributed by atoms with Crippen LogP contribution < -0.4 is 0 Å². The lowest BCUT2D eigenvalue weighted by Crippen LogP contribution is -2.39. The van der Waals surface area contributed by atoms with Crippen molar-refractivity contribution in [3.05, 3.63) is 40.9 Å². The second-order valence-electron chi connectivity index (χ2n) is 7.00. The van der Waals surface area contributed by atoms with Crippen LogP contribution in [0.5, 0.6) is 0 Å². The van der Waals surface area contributed by atoms with Crippen LogP contribution in [0.1, 0.15) is 24.1 Å². The highest BCUT2D eigenvalue weighted by Crippen LogP contribution is 2.32. The van der Waals surface area contributed by atoms with E-state index in [1.54, 1.807) is 19.0 Å². The molecule has 3 rings (SSSR count). The van der Waals surface area contributed by atoms with Gasteiger partial charge in [0.05, 0.1) is 11.3 Å². The first-order valence-corrected chi connectivity index (χ1v) is 9.67. The first-order valence-electron chi connectivity index (χ1n) is 8.79. The fourth-order valence-corrected chi connectivity index (χ4v) is 4.06. The minimum atomic E-state index is -4.33. The fourth-order valence-electron chi connectivity index (χ4n) is 3.25. The lowest BCUT2D eigenvalue weighted by Gasteiger charge is -2.31. The van der Waals surface area contributed by atoms with Crippen molar-refractivity contribution in [2.24, 2.45) is 5.92 Å². The molecule has 4 nitrogen and oxygen atoms in total. The smallest absolute Gasteiger partial charge is 0.349 e. The molecular weight excluding hydrogens is 375 g/mol. The predicted molar refractivity (Wildman–Crippen MR) is 99.2 cm³/mol. The Morgan fingerprint density at radius 2 is 1.85 bits per heavy atom. The number of hydrogen-bond acceptors (Lipinski definition) is 4. The van der Waals surface area contributed by atoms with Crippen LogP contribution in [0.4, 0.5) is 13.2 Å². The highest BCUT2D eigenvalue weighted by molar-refractivity contribution is 7.13. The van der Waals surface area contributed by atoms with Crippen LogP contribution in [0.3, 0.4) is 0 Å². The van der Waals surface area contributed by atoms with Crippen LogP contribution in [0.2, 0.25) is 0 Å². The number of benzene rings is 1. The van der Waals surface area contributed by atoms with Gasteiger partial charge in [-0.25, -0.2) is 4.98 Å². The van der Waals surface area contributed by atoms with Gasteiger partial charge in [-0.05, 0) is 38.1 Å². The summed E-state index contributed by atoms with van der Waals surface area (Å²) in [4.78, 5) is 20.5. The molecule has 1 aliphatic heterocycles. The molecule has 1 aromatic carbocycles. The van der Waals surface area contributed by atoms with E-state index >= 15 is 0 Å². The van der Waals surface area contributed by atoms with Crippen molar-refractivity contribution < 1.29 is 18.0 Å². The third-order valence-electron chi connectivity index (χ3n) is 4.77. The van der Waals surface area contributed by atoms with E-state index in [4.69, 9.17) is 0 Å². The average Bonchev–Trinajstić information content (AvgIpc) is 3.09. The van der Waals surface area contributed by atoms with E-state index in [2.05, 4.69) is 9.88 Å². The molecule has 1 amide bonds. The van der Waals surface area contributed by atoms with Crippen molar-refractivity contribution in [3.63, 3.8) is 0 Å². The Labute approximate surface area is 160 Å². The monoisotopic (exact) mass is 397 g/mol. The zero-order valence-electron chi connectivity index (χ0n) is 15.3. The van der Waals surface area contributed by atoms with Gasteiger partial charge in [0.1, 0.15) is 5.01 Å². The molecule has 8 heteroatoms. The Morgan fingerprint density at radius 1 is 1.22 bits per heavy atom. The van der Waals surface area contributed by atoms with E-state index in [0.29, 0.717) is 12.1 Å². The summed E-state index contributed by atoms with van der Waals surface area (Å²) < 4.78 is 38.0. The Bertz CT molecular complexity index is 778. The van der Waals surface area contributed by atoms with Gasteiger partial charge in [0.2, 0.25) is 5.91 Å². The summed E-state index contributed by atoms with van der Waals surface area (Å²) in [5.74, 6) is 0.280. The second-order valence-corrected chi connectivity index (χ2v) is 7.86. The molecular formula is C19H22F3N3OS. The second kappa shape index (κ2) is 7.98. The molecule has 1 saturated heterocycles. The molecule has 2 aromatic rings. The minimum Gasteiger partial charge on any atom is -0.349 e. The molecule has 0 unspecified atom stereocenters. The van der Waals surface area contributed by atoms with E-state index < -0.39 is 11.7 Å². The summed E-state index contributed by atoms with van der Waals surface area (Å²) in [6.45, 7) is 2.38. The lowest BCUT2D eigenvalue weighted by molar-refractivity contribution is -0.137. The average molecular weight is 397 g/mol. The molecule has 0 bridgehead atoms. The number of carbonyl (C=O) groups is 1. The first-order chi connectivity index (χ1) is 12.7. The molecule has 27 heavy (non-hydrogen) atoms. The van der Waals surface area contributed by atoms with Crippen LogP contribution in [-0.2, 0) is 17.5 Å². The van der Waals surface area contributed by atoms with Crippen LogP contribution in [0.25, 0.3) is 10.6 Å². The lowest BCUT2D eigenvalue weighted by atomic mass is 9.95. The van der Waals surface area contributed by atoms with Gasteiger partial charge >= 0.3 is 6.18 Å². The number of likely N-dealkylation sites (tertiary alicyclic amines) is 1. The Hall–Kier alpha value is -1.93. The standard InChI is InChI=1S/C19H22F3N3OS/c1-24(2)18(26)14-7-9-25(10-8-14)11-16-12-27-17(23-16)13-3-5-15(6-4-13)19(20,21)22/h3-6,12,14H,7-11H2,1-2H3. The van der Waals surface area contributed by atoms with Crippen molar-refractivity contribution >= 4 is 17.2 Å². The number of rotatable bonds is 4. The number of halogens is 3. The summed E-state index contributed by atoms with van der Waals surface area (Å²) in [5, 5.41) is 2.67. The number of carbonyl (C=O) groups excluding carboxylic acids is 1.